The van der Waals surface area contributed by atoms with Crippen LogP contribution in [0, 0.1) is 5.82 Å². The number of carbonyl (C=O) groups excluding carboxylic acids is 2. The highest BCUT2D eigenvalue weighted by Crippen LogP contribution is 2.28. The molecule has 22 heavy (non-hydrogen) atoms. The van der Waals surface area contributed by atoms with Crippen molar-refractivity contribution in [2.24, 2.45) is 0 Å². The molecule has 0 spiro atoms. The van der Waals surface area contributed by atoms with Gasteiger partial charge in [-0.25, -0.2) is 4.39 Å². The lowest BCUT2D eigenvalue weighted by Gasteiger charge is -2.07. The van der Waals surface area contributed by atoms with Crippen molar-refractivity contribution >= 4 is 29.8 Å². The van der Waals surface area contributed by atoms with Gasteiger partial charge in [-0.3, -0.25) is 14.9 Å². The van der Waals surface area contributed by atoms with E-state index in [-0.39, 0.29) is 18.1 Å². The second-order valence-electron chi connectivity index (χ2n) is 4.45. The highest BCUT2D eigenvalue weighted by molar-refractivity contribution is 7.99. The van der Waals surface area contributed by atoms with E-state index in [0.717, 1.165) is 15.5 Å². The number of hydrogen-bond acceptors (Lipinski definition) is 4. The third kappa shape index (κ3) is 5.21. The molecule has 0 aromatic heterocycles. The predicted octanol–water partition coefficient (Wildman–Crippen LogP) is 3.05. The zero-order valence-corrected chi connectivity index (χ0v) is 12.5. The molecule has 2 rings (SSSR count). The summed E-state index contributed by atoms with van der Waals surface area (Å²) in [5, 5.41) is 5.17. The lowest BCUT2D eigenvalue weighted by molar-refractivity contribution is -0.125. The van der Waals surface area contributed by atoms with E-state index in [4.69, 9.17) is 0 Å². The topological polar surface area (TPSA) is 58.2 Å². The van der Waals surface area contributed by atoms with Crippen LogP contribution in [0.2, 0.25) is 0 Å². The van der Waals surface area contributed by atoms with Gasteiger partial charge in [0.05, 0.1) is 0 Å². The molecule has 0 heterocycles. The molecular formula is C16H15FN2O2S. The maximum atomic E-state index is 13.1. The number of halogens is 1. The van der Waals surface area contributed by atoms with Crippen molar-refractivity contribution in [3.63, 3.8) is 0 Å². The molecular weight excluding hydrogens is 303 g/mol. The Hall–Kier alpha value is -2.34. The van der Waals surface area contributed by atoms with Crippen LogP contribution in [0.4, 0.5) is 10.1 Å². The fourth-order valence-corrected chi connectivity index (χ4v) is 2.63. The Labute approximate surface area is 132 Å². The van der Waals surface area contributed by atoms with Crippen LogP contribution in [0.25, 0.3) is 0 Å². The molecule has 2 aromatic rings. The Kier molecular flexibility index (Phi) is 5.97. The quantitative estimate of drug-likeness (QED) is 0.770. The maximum Gasteiger partial charge on any atom is 0.228 e. The SMILES string of the molecule is O=CNC(=O)CCNc1ccc(Sc2cccc(F)c2)cc1. The van der Waals surface area contributed by atoms with E-state index < -0.39 is 0 Å². The zero-order valence-electron chi connectivity index (χ0n) is 11.7. The van der Waals surface area contributed by atoms with Crippen molar-refractivity contribution in [3.05, 3.63) is 54.3 Å². The molecule has 0 aliphatic heterocycles. The number of rotatable bonds is 7. The predicted molar refractivity (Wildman–Crippen MR) is 84.3 cm³/mol. The van der Waals surface area contributed by atoms with Gasteiger partial charge < -0.3 is 5.32 Å². The molecule has 6 heteroatoms. The summed E-state index contributed by atoms with van der Waals surface area (Å²) in [5.41, 5.74) is 0.877. The summed E-state index contributed by atoms with van der Waals surface area (Å²) in [6, 6.07) is 14.1. The third-order valence-electron chi connectivity index (χ3n) is 2.79. The lowest BCUT2D eigenvalue weighted by Crippen LogP contribution is -2.23. The highest BCUT2D eigenvalue weighted by atomic mass is 32.2. The Balaban J connectivity index is 1.85. The van der Waals surface area contributed by atoms with Crippen LogP contribution in [0.1, 0.15) is 6.42 Å². The number of nitrogens with one attached hydrogen (secondary N) is 2. The smallest absolute Gasteiger partial charge is 0.228 e. The Morgan fingerprint density at radius 1 is 1.14 bits per heavy atom. The molecule has 0 atom stereocenters. The molecule has 0 saturated carbocycles. The molecule has 2 N–H and O–H groups in total. The van der Waals surface area contributed by atoms with Gasteiger partial charge in [-0.05, 0) is 42.5 Å². The first-order chi connectivity index (χ1) is 10.7. The Morgan fingerprint density at radius 3 is 2.59 bits per heavy atom. The van der Waals surface area contributed by atoms with Crippen LogP contribution >= 0.6 is 11.8 Å². The summed E-state index contributed by atoms with van der Waals surface area (Å²) >= 11 is 1.48. The molecule has 4 nitrogen and oxygen atoms in total. The number of amides is 2. The van der Waals surface area contributed by atoms with E-state index in [2.05, 4.69) is 10.6 Å². The minimum Gasteiger partial charge on any atom is -0.385 e. The van der Waals surface area contributed by atoms with Gasteiger partial charge in [-0.15, -0.1) is 0 Å². The van der Waals surface area contributed by atoms with Crippen LogP contribution in [0.5, 0.6) is 0 Å². The van der Waals surface area contributed by atoms with Crippen molar-refractivity contribution in [1.29, 1.82) is 0 Å². The molecule has 0 unspecified atom stereocenters. The molecule has 0 aliphatic rings. The summed E-state index contributed by atoms with van der Waals surface area (Å²) in [6.45, 7) is 0.441. The molecule has 2 amide bonds. The summed E-state index contributed by atoms with van der Waals surface area (Å²) in [6.07, 6.45) is 0.597. The average Bonchev–Trinajstić information content (AvgIpc) is 2.49. The van der Waals surface area contributed by atoms with Crippen LogP contribution in [-0.4, -0.2) is 18.9 Å². The van der Waals surface area contributed by atoms with Crippen LogP contribution in [-0.2, 0) is 9.59 Å². The first-order valence-electron chi connectivity index (χ1n) is 6.68. The minimum absolute atomic E-state index is 0.221. The van der Waals surface area contributed by atoms with E-state index in [1.54, 1.807) is 6.07 Å². The zero-order chi connectivity index (χ0) is 15.8. The summed E-state index contributed by atoms with van der Waals surface area (Å²) < 4.78 is 13.1. The number of anilines is 1. The van der Waals surface area contributed by atoms with Crippen molar-refractivity contribution in [2.75, 3.05) is 11.9 Å². The first-order valence-corrected chi connectivity index (χ1v) is 7.49. The van der Waals surface area contributed by atoms with Gasteiger partial charge in [0.2, 0.25) is 12.3 Å². The van der Waals surface area contributed by atoms with Crippen molar-refractivity contribution < 1.29 is 14.0 Å². The van der Waals surface area contributed by atoms with E-state index in [1.165, 1.54) is 23.9 Å². The van der Waals surface area contributed by atoms with Gasteiger partial charge >= 0.3 is 0 Å². The standard InChI is InChI=1S/C16H15FN2O2S/c17-12-2-1-3-15(10-12)22-14-6-4-13(5-7-14)18-9-8-16(21)19-11-20/h1-7,10-11,18H,8-9H2,(H,19,20,21). The fraction of sp³-hybridized carbons (Fsp3) is 0.125. The number of carbonyl (C=O) groups is 2. The summed E-state index contributed by atoms with van der Waals surface area (Å²) in [7, 11) is 0. The molecule has 114 valence electrons. The van der Waals surface area contributed by atoms with Crippen LogP contribution < -0.4 is 10.6 Å². The minimum atomic E-state index is -0.319. The van der Waals surface area contributed by atoms with E-state index in [1.807, 2.05) is 30.3 Å². The molecule has 0 aliphatic carbocycles. The molecule has 0 radical (unpaired) electrons. The lowest BCUT2D eigenvalue weighted by atomic mass is 10.3. The van der Waals surface area contributed by atoms with Crippen molar-refractivity contribution in [3.8, 4) is 0 Å². The average molecular weight is 318 g/mol. The van der Waals surface area contributed by atoms with E-state index in [9.17, 15) is 14.0 Å². The van der Waals surface area contributed by atoms with E-state index >= 15 is 0 Å². The Bertz CT molecular complexity index is 647. The molecule has 0 saturated heterocycles. The maximum absolute atomic E-state index is 13.1. The van der Waals surface area contributed by atoms with Gasteiger partial charge in [-0.1, -0.05) is 17.8 Å². The normalized spacial score (nSPS) is 10.0. The molecule has 0 bridgehead atoms. The Morgan fingerprint density at radius 2 is 1.91 bits per heavy atom. The van der Waals surface area contributed by atoms with Gasteiger partial charge in [0.15, 0.2) is 0 Å². The monoisotopic (exact) mass is 318 g/mol. The third-order valence-corrected chi connectivity index (χ3v) is 3.78. The van der Waals surface area contributed by atoms with E-state index in [0.29, 0.717) is 13.0 Å². The number of imide groups is 1. The second kappa shape index (κ2) is 8.19. The summed E-state index contributed by atoms with van der Waals surface area (Å²) in [5.74, 6) is -0.572. The van der Waals surface area contributed by atoms with Gasteiger partial charge in [0, 0.05) is 28.4 Å². The second-order valence-corrected chi connectivity index (χ2v) is 5.59. The largest absolute Gasteiger partial charge is 0.385 e. The van der Waals surface area contributed by atoms with Gasteiger partial charge in [0.1, 0.15) is 5.82 Å². The fourth-order valence-electron chi connectivity index (χ4n) is 1.77. The van der Waals surface area contributed by atoms with Gasteiger partial charge in [-0.2, -0.15) is 0 Å². The van der Waals surface area contributed by atoms with Crippen LogP contribution in [0.15, 0.2) is 58.3 Å². The molecule has 0 fully saturated rings. The number of benzene rings is 2. The van der Waals surface area contributed by atoms with Crippen LogP contribution in [0.3, 0.4) is 0 Å². The molecule has 2 aromatic carbocycles. The summed E-state index contributed by atoms with van der Waals surface area (Å²) in [4.78, 5) is 23.0. The van der Waals surface area contributed by atoms with Crippen molar-refractivity contribution in [1.82, 2.24) is 5.32 Å². The number of hydrogen-bond donors (Lipinski definition) is 2. The first kappa shape index (κ1) is 16.0. The van der Waals surface area contributed by atoms with Gasteiger partial charge in [0.25, 0.3) is 0 Å². The van der Waals surface area contributed by atoms with Crippen molar-refractivity contribution in [2.45, 2.75) is 16.2 Å². The highest BCUT2D eigenvalue weighted by Gasteiger charge is 2.01.